The molecule has 1 heterocycles. The van der Waals surface area contributed by atoms with E-state index < -0.39 is 17.7 Å². The first-order chi connectivity index (χ1) is 15.8. The van der Waals surface area contributed by atoms with Gasteiger partial charge in [-0.15, -0.1) is 12.4 Å². The molecule has 0 spiro atoms. The van der Waals surface area contributed by atoms with E-state index in [9.17, 15) is 18.4 Å². The maximum Gasteiger partial charge on any atom is 0.411 e. The minimum Gasteiger partial charge on any atom is -0.449 e. The molecule has 0 fully saturated rings. The molecule has 0 saturated carbocycles. The molecule has 0 unspecified atom stereocenters. The van der Waals surface area contributed by atoms with Gasteiger partial charge < -0.3 is 10.1 Å². The van der Waals surface area contributed by atoms with Crippen molar-refractivity contribution in [1.29, 1.82) is 0 Å². The van der Waals surface area contributed by atoms with Crippen molar-refractivity contribution < 1.29 is 18.3 Å². The van der Waals surface area contributed by atoms with Gasteiger partial charge in [-0.3, -0.25) is 10.1 Å². The smallest absolute Gasteiger partial charge is 0.411 e. The van der Waals surface area contributed by atoms with Crippen LogP contribution in [-0.2, 0) is 11.3 Å². The molecule has 0 aliphatic rings. The Bertz CT molecular complexity index is 1170. The number of anilines is 1. The molecular formula is C24H27ClF2N4O3. The van der Waals surface area contributed by atoms with Crippen LogP contribution >= 0.6 is 12.4 Å². The minimum atomic E-state index is -0.992. The van der Waals surface area contributed by atoms with E-state index in [1.807, 2.05) is 13.8 Å². The maximum atomic E-state index is 13.6. The molecule has 0 saturated heterocycles. The van der Waals surface area contributed by atoms with E-state index in [0.29, 0.717) is 41.6 Å². The van der Waals surface area contributed by atoms with Crippen LogP contribution in [0, 0.1) is 11.6 Å². The van der Waals surface area contributed by atoms with E-state index in [0.717, 1.165) is 18.7 Å². The summed E-state index contributed by atoms with van der Waals surface area (Å²) < 4.78 is 33.2. The van der Waals surface area contributed by atoms with Crippen LogP contribution in [0.3, 0.4) is 0 Å². The van der Waals surface area contributed by atoms with Crippen molar-refractivity contribution in [1.82, 2.24) is 15.1 Å². The van der Waals surface area contributed by atoms with Crippen LogP contribution in [0.1, 0.15) is 25.8 Å². The van der Waals surface area contributed by atoms with Crippen LogP contribution < -0.4 is 16.2 Å². The zero-order chi connectivity index (χ0) is 23.8. The van der Waals surface area contributed by atoms with Gasteiger partial charge in [0.2, 0.25) is 0 Å². The summed E-state index contributed by atoms with van der Waals surface area (Å²) in [7, 11) is 0. The molecule has 2 aromatic carbocycles. The number of benzene rings is 2. The number of halogens is 3. The molecular weight excluding hydrogens is 466 g/mol. The second-order valence-corrected chi connectivity index (χ2v) is 7.77. The van der Waals surface area contributed by atoms with E-state index >= 15 is 0 Å². The molecule has 182 valence electrons. The van der Waals surface area contributed by atoms with Crippen LogP contribution in [0.25, 0.3) is 11.3 Å². The number of rotatable bonds is 9. The first-order valence-electron chi connectivity index (χ1n) is 10.6. The van der Waals surface area contributed by atoms with Crippen LogP contribution in [0.15, 0.2) is 59.4 Å². The Labute approximate surface area is 202 Å². The summed E-state index contributed by atoms with van der Waals surface area (Å²) in [4.78, 5) is 24.3. The Morgan fingerprint density at radius 1 is 1.09 bits per heavy atom. The summed E-state index contributed by atoms with van der Waals surface area (Å²) in [6, 6.07) is 13.5. The van der Waals surface area contributed by atoms with Crippen molar-refractivity contribution in [3.63, 3.8) is 0 Å². The Hall–Kier alpha value is -3.30. The molecule has 3 rings (SSSR count). The molecule has 7 nitrogen and oxygen atoms in total. The molecule has 34 heavy (non-hydrogen) atoms. The lowest BCUT2D eigenvalue weighted by molar-refractivity contribution is 0.160. The number of carbonyl (C=O) groups is 1. The summed E-state index contributed by atoms with van der Waals surface area (Å²) in [6.45, 7) is 5.26. The van der Waals surface area contributed by atoms with Crippen molar-refractivity contribution in [2.45, 2.75) is 32.9 Å². The standard InChI is InChI=1S/C24H26F2N4O3.ClH/c1-16(2)27-11-4-12-33-24(32)28-19-6-3-5-17(13-19)15-30-23(31)10-9-22(29-30)18-7-8-20(25)21(26)14-18;/h3,5-10,13-14,16,27H,4,11-12,15H2,1-2H3,(H,28,32);1H. The third kappa shape index (κ3) is 7.93. The van der Waals surface area contributed by atoms with Crippen LogP contribution in [0.4, 0.5) is 19.3 Å². The number of amides is 1. The second-order valence-electron chi connectivity index (χ2n) is 7.77. The summed E-state index contributed by atoms with van der Waals surface area (Å²) in [5, 5.41) is 10.2. The third-order valence-electron chi connectivity index (χ3n) is 4.69. The Kier molecular flexibility index (Phi) is 10.2. The van der Waals surface area contributed by atoms with Crippen molar-refractivity contribution in [3.05, 3.63) is 82.1 Å². The van der Waals surface area contributed by atoms with Crippen LogP contribution in [0.5, 0.6) is 0 Å². The quantitative estimate of drug-likeness (QED) is 0.427. The molecule has 0 aliphatic heterocycles. The summed E-state index contributed by atoms with van der Waals surface area (Å²) in [6.07, 6.45) is 0.140. The Morgan fingerprint density at radius 2 is 1.88 bits per heavy atom. The monoisotopic (exact) mass is 492 g/mol. The highest BCUT2D eigenvalue weighted by Gasteiger charge is 2.09. The first-order valence-corrected chi connectivity index (χ1v) is 10.6. The van der Waals surface area contributed by atoms with Gasteiger partial charge >= 0.3 is 6.09 Å². The van der Waals surface area contributed by atoms with E-state index in [1.54, 1.807) is 24.3 Å². The summed E-state index contributed by atoms with van der Waals surface area (Å²) >= 11 is 0. The molecule has 1 aromatic heterocycles. The van der Waals surface area contributed by atoms with E-state index in [2.05, 4.69) is 15.7 Å². The fourth-order valence-electron chi connectivity index (χ4n) is 3.07. The van der Waals surface area contributed by atoms with Crippen molar-refractivity contribution in [2.24, 2.45) is 0 Å². The summed E-state index contributed by atoms with van der Waals surface area (Å²) in [5.74, 6) is -1.95. The predicted octanol–water partition coefficient (Wildman–Crippen LogP) is 4.60. The molecule has 3 aromatic rings. The van der Waals surface area contributed by atoms with Crippen LogP contribution in [0.2, 0.25) is 0 Å². The molecule has 0 aliphatic carbocycles. The normalized spacial score (nSPS) is 10.6. The van der Waals surface area contributed by atoms with Gasteiger partial charge in [0.25, 0.3) is 5.56 Å². The highest BCUT2D eigenvalue weighted by molar-refractivity contribution is 5.85. The topological polar surface area (TPSA) is 85.2 Å². The largest absolute Gasteiger partial charge is 0.449 e. The van der Waals surface area contributed by atoms with Gasteiger partial charge in [0.15, 0.2) is 11.6 Å². The number of nitrogens with zero attached hydrogens (tertiary/aromatic N) is 2. The van der Waals surface area contributed by atoms with Crippen molar-refractivity contribution >= 4 is 24.2 Å². The highest BCUT2D eigenvalue weighted by atomic mass is 35.5. The van der Waals surface area contributed by atoms with Gasteiger partial charge in [0.1, 0.15) is 0 Å². The number of nitrogens with one attached hydrogen (secondary N) is 2. The van der Waals surface area contributed by atoms with Gasteiger partial charge in [0.05, 0.1) is 18.8 Å². The average molecular weight is 493 g/mol. The van der Waals surface area contributed by atoms with Gasteiger partial charge in [-0.2, -0.15) is 5.10 Å². The van der Waals surface area contributed by atoms with Crippen molar-refractivity contribution in [3.8, 4) is 11.3 Å². The fourth-order valence-corrected chi connectivity index (χ4v) is 3.07. The van der Waals surface area contributed by atoms with Crippen LogP contribution in [-0.4, -0.2) is 35.1 Å². The van der Waals surface area contributed by atoms with Gasteiger partial charge in [0, 0.05) is 23.4 Å². The first kappa shape index (κ1) is 26.9. The van der Waals surface area contributed by atoms with Gasteiger partial charge in [-0.25, -0.2) is 18.3 Å². The lowest BCUT2D eigenvalue weighted by Gasteiger charge is -2.11. The number of hydrogen-bond donors (Lipinski definition) is 2. The molecule has 1 amide bonds. The molecule has 0 bridgehead atoms. The average Bonchev–Trinajstić information content (AvgIpc) is 2.77. The van der Waals surface area contributed by atoms with Gasteiger partial charge in [-0.05, 0) is 54.9 Å². The highest BCUT2D eigenvalue weighted by Crippen LogP contribution is 2.19. The fraction of sp³-hybridized carbons (Fsp3) is 0.292. The molecule has 0 atom stereocenters. The lowest BCUT2D eigenvalue weighted by Crippen LogP contribution is -2.25. The van der Waals surface area contributed by atoms with Crippen molar-refractivity contribution in [2.75, 3.05) is 18.5 Å². The molecule has 0 radical (unpaired) electrons. The Morgan fingerprint density at radius 3 is 2.62 bits per heavy atom. The maximum absolute atomic E-state index is 13.6. The molecule has 2 N–H and O–H groups in total. The minimum absolute atomic E-state index is 0. The van der Waals surface area contributed by atoms with E-state index in [-0.39, 0.29) is 24.5 Å². The summed E-state index contributed by atoms with van der Waals surface area (Å²) in [5.41, 5.74) is 1.56. The SMILES string of the molecule is CC(C)NCCCOC(=O)Nc1cccc(Cn2nc(-c3ccc(F)c(F)c3)ccc2=O)c1.Cl. The lowest BCUT2D eigenvalue weighted by atomic mass is 10.1. The number of aromatic nitrogens is 2. The number of hydrogen-bond acceptors (Lipinski definition) is 5. The second kappa shape index (κ2) is 12.8. The van der Waals surface area contributed by atoms with E-state index in [1.165, 1.54) is 22.9 Å². The van der Waals surface area contributed by atoms with Gasteiger partial charge in [-0.1, -0.05) is 26.0 Å². The third-order valence-corrected chi connectivity index (χ3v) is 4.69. The number of carbonyl (C=O) groups excluding carboxylic acids is 1. The number of ether oxygens (including phenoxy) is 1. The molecule has 10 heteroatoms. The zero-order valence-corrected chi connectivity index (χ0v) is 19.7. The predicted molar refractivity (Wildman–Crippen MR) is 129 cm³/mol. The zero-order valence-electron chi connectivity index (χ0n) is 18.9. The van der Waals surface area contributed by atoms with E-state index in [4.69, 9.17) is 4.74 Å². The Balaban J connectivity index is 0.00000408.